The highest BCUT2D eigenvalue weighted by molar-refractivity contribution is 5.39. The van der Waals surface area contributed by atoms with Crippen LogP contribution in [0.4, 0.5) is 5.69 Å². The molecule has 0 aliphatic carbocycles. The van der Waals surface area contributed by atoms with Crippen LogP contribution >= 0.6 is 0 Å². The van der Waals surface area contributed by atoms with Gasteiger partial charge in [-0.05, 0) is 33.4 Å². The Bertz CT molecular complexity index is 298. The van der Waals surface area contributed by atoms with Crippen LogP contribution in [0.25, 0.3) is 0 Å². The molecule has 1 aliphatic rings. The molecule has 1 saturated heterocycles. The minimum atomic E-state index is 0.504. The fraction of sp³-hybridized carbons (Fsp3) is 0.700. The summed E-state index contributed by atoms with van der Waals surface area (Å²) in [5, 5.41) is 4.43. The Morgan fingerprint density at radius 2 is 2.36 bits per heavy atom. The van der Waals surface area contributed by atoms with Gasteiger partial charge in [-0.3, -0.25) is 4.68 Å². The molecule has 1 unspecified atom stereocenters. The summed E-state index contributed by atoms with van der Waals surface area (Å²) >= 11 is 0. The molecule has 1 aliphatic heterocycles. The Labute approximate surface area is 84.7 Å². The summed E-state index contributed by atoms with van der Waals surface area (Å²) < 4.78 is 2.03. The van der Waals surface area contributed by atoms with Crippen molar-refractivity contribution in [3.05, 3.63) is 11.9 Å². The average molecular weight is 194 g/mol. The van der Waals surface area contributed by atoms with E-state index in [2.05, 4.69) is 17.0 Å². The third kappa shape index (κ3) is 1.75. The lowest BCUT2D eigenvalue weighted by molar-refractivity contribution is 0.202. The molecule has 4 nitrogen and oxygen atoms in total. The van der Waals surface area contributed by atoms with Gasteiger partial charge >= 0.3 is 0 Å². The number of likely N-dealkylation sites (N-methyl/N-ethyl adjacent to an activating group) is 1. The molecule has 1 aromatic heterocycles. The summed E-state index contributed by atoms with van der Waals surface area (Å²) in [5.74, 6) is 0. The fourth-order valence-corrected chi connectivity index (χ4v) is 2.04. The molecule has 0 bridgehead atoms. The van der Waals surface area contributed by atoms with E-state index in [4.69, 9.17) is 5.73 Å². The summed E-state index contributed by atoms with van der Waals surface area (Å²) in [6.45, 7) is 4.24. The normalized spacial score (nSPS) is 24.0. The molecule has 2 rings (SSSR count). The van der Waals surface area contributed by atoms with Crippen molar-refractivity contribution >= 4 is 5.69 Å². The van der Waals surface area contributed by atoms with E-state index in [1.54, 1.807) is 0 Å². The van der Waals surface area contributed by atoms with Gasteiger partial charge in [0.1, 0.15) is 0 Å². The van der Waals surface area contributed by atoms with Gasteiger partial charge in [0, 0.05) is 12.7 Å². The van der Waals surface area contributed by atoms with E-state index >= 15 is 0 Å². The minimum Gasteiger partial charge on any atom is -0.396 e. The van der Waals surface area contributed by atoms with E-state index in [1.165, 1.54) is 19.4 Å². The molecule has 0 spiro atoms. The Balaban J connectivity index is 2.14. The average Bonchev–Trinajstić information content (AvgIpc) is 2.47. The molecule has 78 valence electrons. The molecule has 1 fully saturated rings. The molecule has 0 aromatic carbocycles. The summed E-state index contributed by atoms with van der Waals surface area (Å²) in [7, 11) is 2.16. The van der Waals surface area contributed by atoms with Crippen LogP contribution in [0.2, 0.25) is 0 Å². The second-order valence-corrected chi connectivity index (χ2v) is 4.21. The lowest BCUT2D eigenvalue weighted by Crippen LogP contribution is -2.33. The van der Waals surface area contributed by atoms with Crippen molar-refractivity contribution in [2.45, 2.75) is 25.8 Å². The van der Waals surface area contributed by atoms with Crippen LogP contribution in [0.1, 0.15) is 24.6 Å². The van der Waals surface area contributed by atoms with Crippen molar-refractivity contribution in [2.75, 3.05) is 25.9 Å². The molecular weight excluding hydrogens is 176 g/mol. The van der Waals surface area contributed by atoms with Crippen LogP contribution in [0.3, 0.4) is 0 Å². The Morgan fingerprint density at radius 3 is 2.93 bits per heavy atom. The SMILES string of the molecule is Cc1nn(C2CCCN(C)C2)cc1N. The maximum absolute atomic E-state index is 5.79. The number of nitrogens with two attached hydrogens (primary N) is 1. The zero-order valence-corrected chi connectivity index (χ0v) is 8.90. The number of piperidine rings is 1. The number of hydrogen-bond acceptors (Lipinski definition) is 3. The first-order valence-electron chi connectivity index (χ1n) is 5.16. The van der Waals surface area contributed by atoms with Gasteiger partial charge in [-0.25, -0.2) is 0 Å². The molecule has 0 saturated carbocycles. The minimum absolute atomic E-state index is 0.504. The number of nitrogen functional groups attached to an aromatic ring is 1. The lowest BCUT2D eigenvalue weighted by Gasteiger charge is -2.29. The third-order valence-electron chi connectivity index (χ3n) is 2.93. The van der Waals surface area contributed by atoms with Crippen molar-refractivity contribution in [1.82, 2.24) is 14.7 Å². The highest BCUT2D eigenvalue weighted by atomic mass is 15.3. The highest BCUT2D eigenvalue weighted by Crippen LogP contribution is 2.21. The van der Waals surface area contributed by atoms with Gasteiger partial charge in [0.25, 0.3) is 0 Å². The monoisotopic (exact) mass is 194 g/mol. The van der Waals surface area contributed by atoms with Gasteiger partial charge in [-0.15, -0.1) is 0 Å². The van der Waals surface area contributed by atoms with E-state index in [0.29, 0.717) is 6.04 Å². The van der Waals surface area contributed by atoms with Gasteiger partial charge < -0.3 is 10.6 Å². The summed E-state index contributed by atoms with van der Waals surface area (Å²) in [5.41, 5.74) is 7.53. The smallest absolute Gasteiger partial charge is 0.0823 e. The first-order valence-corrected chi connectivity index (χ1v) is 5.16. The van der Waals surface area contributed by atoms with Crippen molar-refractivity contribution in [3.8, 4) is 0 Å². The van der Waals surface area contributed by atoms with Gasteiger partial charge in [0.2, 0.25) is 0 Å². The third-order valence-corrected chi connectivity index (χ3v) is 2.93. The van der Waals surface area contributed by atoms with Crippen molar-refractivity contribution in [1.29, 1.82) is 0 Å². The Kier molecular flexibility index (Phi) is 2.46. The van der Waals surface area contributed by atoms with Crippen LogP contribution in [0, 0.1) is 6.92 Å². The molecule has 2 heterocycles. The van der Waals surface area contributed by atoms with Crippen LogP contribution in [-0.4, -0.2) is 34.8 Å². The van der Waals surface area contributed by atoms with Crippen molar-refractivity contribution < 1.29 is 0 Å². The fourth-order valence-electron chi connectivity index (χ4n) is 2.04. The number of anilines is 1. The number of nitrogens with zero attached hydrogens (tertiary/aromatic N) is 3. The quantitative estimate of drug-likeness (QED) is 0.726. The largest absolute Gasteiger partial charge is 0.396 e. The first-order chi connectivity index (χ1) is 6.66. The van der Waals surface area contributed by atoms with E-state index in [1.807, 2.05) is 17.8 Å². The maximum atomic E-state index is 5.79. The van der Waals surface area contributed by atoms with Gasteiger partial charge in [-0.2, -0.15) is 5.10 Å². The highest BCUT2D eigenvalue weighted by Gasteiger charge is 2.19. The van der Waals surface area contributed by atoms with Gasteiger partial charge in [0.15, 0.2) is 0 Å². The second kappa shape index (κ2) is 3.61. The zero-order valence-electron chi connectivity index (χ0n) is 8.90. The topological polar surface area (TPSA) is 47.1 Å². The van der Waals surface area contributed by atoms with E-state index in [9.17, 15) is 0 Å². The number of aryl methyl sites for hydroxylation is 1. The molecule has 4 heteroatoms. The van der Waals surface area contributed by atoms with E-state index in [-0.39, 0.29) is 0 Å². The number of likely N-dealkylation sites (tertiary alicyclic amines) is 1. The summed E-state index contributed by atoms with van der Waals surface area (Å²) in [6, 6.07) is 0.504. The zero-order chi connectivity index (χ0) is 10.1. The predicted octanol–water partition coefficient (Wildman–Crippen LogP) is 1.04. The first kappa shape index (κ1) is 9.52. The maximum Gasteiger partial charge on any atom is 0.0823 e. The summed E-state index contributed by atoms with van der Waals surface area (Å²) in [6.07, 6.45) is 4.42. The number of aromatic nitrogens is 2. The number of rotatable bonds is 1. The Hall–Kier alpha value is -1.03. The predicted molar refractivity (Wildman–Crippen MR) is 57.1 cm³/mol. The number of hydrogen-bond donors (Lipinski definition) is 1. The van der Waals surface area contributed by atoms with Crippen LogP contribution in [0.15, 0.2) is 6.20 Å². The van der Waals surface area contributed by atoms with Gasteiger partial charge in [-0.1, -0.05) is 0 Å². The van der Waals surface area contributed by atoms with Crippen molar-refractivity contribution in [2.24, 2.45) is 0 Å². The van der Waals surface area contributed by atoms with Crippen LogP contribution in [0.5, 0.6) is 0 Å². The molecule has 1 atom stereocenters. The van der Waals surface area contributed by atoms with E-state index < -0.39 is 0 Å². The summed E-state index contributed by atoms with van der Waals surface area (Å²) in [4.78, 5) is 2.35. The Morgan fingerprint density at radius 1 is 1.57 bits per heavy atom. The van der Waals surface area contributed by atoms with Crippen molar-refractivity contribution in [3.63, 3.8) is 0 Å². The molecule has 0 amide bonds. The molecular formula is C10H18N4. The van der Waals surface area contributed by atoms with E-state index in [0.717, 1.165) is 17.9 Å². The molecule has 14 heavy (non-hydrogen) atoms. The second-order valence-electron chi connectivity index (χ2n) is 4.21. The van der Waals surface area contributed by atoms with Gasteiger partial charge in [0.05, 0.1) is 17.4 Å². The molecule has 0 radical (unpaired) electrons. The van der Waals surface area contributed by atoms with Crippen LogP contribution < -0.4 is 5.73 Å². The van der Waals surface area contributed by atoms with Crippen LogP contribution in [-0.2, 0) is 0 Å². The molecule has 2 N–H and O–H groups in total. The standard InChI is InChI=1S/C10H18N4/c1-8-10(11)7-14(12-8)9-4-3-5-13(2)6-9/h7,9H,3-6,11H2,1-2H3. The lowest BCUT2D eigenvalue weighted by atomic mass is 10.1. The molecule has 1 aromatic rings.